The van der Waals surface area contributed by atoms with Gasteiger partial charge in [0.2, 0.25) is 5.43 Å². The number of hydrogen-bond donors (Lipinski definition) is 2. The first-order valence-electron chi connectivity index (χ1n) is 6.84. The molecule has 1 heterocycles. The van der Waals surface area contributed by atoms with Gasteiger partial charge in [-0.1, -0.05) is 11.6 Å². The Bertz CT molecular complexity index is 1160. The molecular weight excluding hydrogens is 380 g/mol. The fraction of sp³-hybridized carbons (Fsp3) is 0. The molecule has 0 unspecified atom stereocenters. The molecule has 0 aliphatic carbocycles. The van der Waals surface area contributed by atoms with Crippen LogP contribution >= 0.6 is 11.6 Å². The number of carboxylic acids is 1. The minimum atomic E-state index is -1.69. The normalized spacial score (nSPS) is 11.1. The topological polar surface area (TPSA) is 85.3 Å². The lowest BCUT2D eigenvalue weighted by atomic mass is 10.1. The molecule has 0 bridgehead atoms. The zero-order valence-corrected chi connectivity index (χ0v) is 13.2. The number of benzene rings is 2. The van der Waals surface area contributed by atoms with Crippen LogP contribution in [0.3, 0.4) is 0 Å². The molecule has 1 aromatic heterocycles. The van der Waals surface area contributed by atoms with Crippen LogP contribution in [-0.4, -0.2) is 15.6 Å². The molecule has 0 aliphatic heterocycles. The van der Waals surface area contributed by atoms with Gasteiger partial charge in [0, 0.05) is 12.3 Å². The highest BCUT2D eigenvalue weighted by Crippen LogP contribution is 2.31. The summed E-state index contributed by atoms with van der Waals surface area (Å²) in [5.74, 6) is -6.99. The summed E-state index contributed by atoms with van der Waals surface area (Å²) in [4.78, 5) is 23.6. The fourth-order valence-corrected chi connectivity index (χ4v) is 2.76. The predicted molar refractivity (Wildman–Crippen MR) is 85.8 cm³/mol. The van der Waals surface area contributed by atoms with E-state index >= 15 is 0 Å². The Balaban J connectivity index is 2.59. The molecule has 0 amide bonds. The first kappa shape index (κ1) is 17.7. The third-order valence-electron chi connectivity index (χ3n) is 3.68. The number of carboxylic acid groups (broad SMARTS) is 1. The van der Waals surface area contributed by atoms with Crippen LogP contribution in [0, 0.1) is 23.3 Å². The SMILES string of the molecule is Nc1cc(-n2cc(C(=O)O)c(=O)c3cc(F)c(F)c(Cl)c32)c(F)cc1F. The third kappa shape index (κ3) is 2.57. The Morgan fingerprint density at radius 2 is 1.73 bits per heavy atom. The smallest absolute Gasteiger partial charge is 0.341 e. The summed E-state index contributed by atoms with van der Waals surface area (Å²) < 4.78 is 55.9. The number of rotatable bonds is 2. The van der Waals surface area contributed by atoms with Gasteiger partial charge in [0.05, 0.1) is 22.3 Å². The van der Waals surface area contributed by atoms with Crippen LogP contribution in [0.2, 0.25) is 5.02 Å². The zero-order valence-electron chi connectivity index (χ0n) is 12.5. The average molecular weight is 387 g/mol. The molecule has 3 aromatic rings. The molecule has 26 heavy (non-hydrogen) atoms. The highest BCUT2D eigenvalue weighted by Gasteiger charge is 2.23. The molecule has 0 saturated heterocycles. The quantitative estimate of drug-likeness (QED) is 0.401. The van der Waals surface area contributed by atoms with Crippen molar-refractivity contribution in [1.29, 1.82) is 0 Å². The van der Waals surface area contributed by atoms with Gasteiger partial charge in [-0.25, -0.2) is 22.4 Å². The molecule has 0 fully saturated rings. The van der Waals surface area contributed by atoms with Crippen molar-refractivity contribution < 1.29 is 27.5 Å². The Hall–Kier alpha value is -3.07. The van der Waals surface area contributed by atoms with E-state index in [9.17, 15) is 27.2 Å². The number of carbonyl (C=O) groups is 1. The first-order chi connectivity index (χ1) is 12.1. The molecule has 2 aromatic carbocycles. The Morgan fingerprint density at radius 1 is 1.08 bits per heavy atom. The van der Waals surface area contributed by atoms with Gasteiger partial charge in [-0.3, -0.25) is 4.79 Å². The molecule has 134 valence electrons. The number of halogens is 5. The number of nitrogens with zero attached hydrogens (tertiary/aromatic N) is 1. The van der Waals surface area contributed by atoms with E-state index in [1.807, 2.05) is 0 Å². The standard InChI is InChI=1S/C16H7ClF4N2O3/c17-12-13(21)9(20)1-5-14(12)23(4-6(15(5)24)16(25)26)11-3-10(22)7(18)2-8(11)19/h1-4H,22H2,(H,25,26). The Labute approximate surface area is 146 Å². The Morgan fingerprint density at radius 3 is 2.35 bits per heavy atom. The number of aromatic nitrogens is 1. The second kappa shape index (κ2) is 6.03. The van der Waals surface area contributed by atoms with Crippen molar-refractivity contribution in [1.82, 2.24) is 4.57 Å². The lowest BCUT2D eigenvalue weighted by Crippen LogP contribution is -2.19. The number of nitrogen functional groups attached to an aromatic ring is 1. The van der Waals surface area contributed by atoms with Gasteiger partial charge in [-0.05, 0) is 12.1 Å². The molecule has 10 heteroatoms. The van der Waals surface area contributed by atoms with E-state index < -0.39 is 67.5 Å². The monoisotopic (exact) mass is 386 g/mol. The highest BCUT2D eigenvalue weighted by molar-refractivity contribution is 6.35. The van der Waals surface area contributed by atoms with Gasteiger partial charge in [-0.2, -0.15) is 0 Å². The molecular formula is C16H7ClF4N2O3. The molecule has 0 saturated carbocycles. The molecule has 0 aliphatic rings. The van der Waals surface area contributed by atoms with Crippen molar-refractivity contribution >= 4 is 34.2 Å². The van der Waals surface area contributed by atoms with Crippen LogP contribution < -0.4 is 11.2 Å². The Kier molecular flexibility index (Phi) is 4.11. The maximum atomic E-state index is 14.2. The van der Waals surface area contributed by atoms with Crippen LogP contribution in [0.1, 0.15) is 10.4 Å². The minimum absolute atomic E-state index is 0.419. The maximum absolute atomic E-state index is 14.2. The van der Waals surface area contributed by atoms with E-state index in [4.69, 9.17) is 22.4 Å². The van der Waals surface area contributed by atoms with E-state index in [-0.39, 0.29) is 0 Å². The summed E-state index contributed by atoms with van der Waals surface area (Å²) in [5.41, 5.74) is 1.88. The molecule has 0 atom stereocenters. The zero-order chi connectivity index (χ0) is 19.3. The van der Waals surface area contributed by atoms with Crippen molar-refractivity contribution in [3.05, 3.63) is 68.5 Å². The van der Waals surface area contributed by atoms with Crippen LogP contribution in [0.4, 0.5) is 23.2 Å². The van der Waals surface area contributed by atoms with E-state index in [0.29, 0.717) is 22.9 Å². The van der Waals surface area contributed by atoms with Crippen molar-refractivity contribution in [2.45, 2.75) is 0 Å². The van der Waals surface area contributed by atoms with Crippen LogP contribution in [-0.2, 0) is 0 Å². The number of pyridine rings is 1. The number of aromatic carboxylic acids is 1. The molecule has 0 spiro atoms. The summed E-state index contributed by atoms with van der Waals surface area (Å²) in [7, 11) is 0. The van der Waals surface area contributed by atoms with Crippen LogP contribution in [0.15, 0.2) is 29.2 Å². The number of nitrogens with two attached hydrogens (primary N) is 1. The maximum Gasteiger partial charge on any atom is 0.341 e. The third-order valence-corrected chi connectivity index (χ3v) is 4.03. The fourth-order valence-electron chi connectivity index (χ4n) is 2.47. The second-order valence-electron chi connectivity index (χ2n) is 5.25. The van der Waals surface area contributed by atoms with Gasteiger partial charge in [0.15, 0.2) is 11.6 Å². The van der Waals surface area contributed by atoms with Gasteiger partial charge >= 0.3 is 5.97 Å². The second-order valence-corrected chi connectivity index (χ2v) is 5.63. The highest BCUT2D eigenvalue weighted by atomic mass is 35.5. The largest absolute Gasteiger partial charge is 0.477 e. The van der Waals surface area contributed by atoms with Crippen molar-refractivity contribution in [3.8, 4) is 5.69 Å². The van der Waals surface area contributed by atoms with E-state index in [1.165, 1.54) is 0 Å². The molecule has 3 rings (SSSR count). The van der Waals surface area contributed by atoms with E-state index in [2.05, 4.69) is 0 Å². The van der Waals surface area contributed by atoms with Crippen molar-refractivity contribution in [3.63, 3.8) is 0 Å². The molecule has 3 N–H and O–H groups in total. The molecule has 5 nitrogen and oxygen atoms in total. The number of fused-ring (bicyclic) bond motifs is 1. The van der Waals surface area contributed by atoms with Gasteiger partial charge in [-0.15, -0.1) is 0 Å². The summed E-state index contributed by atoms with van der Waals surface area (Å²) in [5, 5.41) is 7.69. The number of anilines is 1. The summed E-state index contributed by atoms with van der Waals surface area (Å²) in [6, 6.07) is 1.67. The van der Waals surface area contributed by atoms with Gasteiger partial charge < -0.3 is 15.4 Å². The lowest BCUT2D eigenvalue weighted by Gasteiger charge is -2.15. The summed E-state index contributed by atoms with van der Waals surface area (Å²) in [6.45, 7) is 0. The summed E-state index contributed by atoms with van der Waals surface area (Å²) in [6.07, 6.45) is 0.673. The van der Waals surface area contributed by atoms with Gasteiger partial charge in [0.25, 0.3) is 0 Å². The molecule has 0 radical (unpaired) electrons. The van der Waals surface area contributed by atoms with Crippen LogP contribution in [0.5, 0.6) is 0 Å². The minimum Gasteiger partial charge on any atom is -0.477 e. The van der Waals surface area contributed by atoms with E-state index in [1.54, 1.807) is 0 Å². The first-order valence-corrected chi connectivity index (χ1v) is 7.22. The van der Waals surface area contributed by atoms with Crippen molar-refractivity contribution in [2.75, 3.05) is 5.73 Å². The van der Waals surface area contributed by atoms with Crippen molar-refractivity contribution in [2.24, 2.45) is 0 Å². The number of hydrogen-bond acceptors (Lipinski definition) is 3. The predicted octanol–water partition coefficient (Wildman–Crippen LogP) is 3.48. The lowest BCUT2D eigenvalue weighted by molar-refractivity contribution is 0.0695. The average Bonchev–Trinajstić information content (AvgIpc) is 2.57. The van der Waals surface area contributed by atoms with Gasteiger partial charge in [0.1, 0.15) is 22.2 Å². The van der Waals surface area contributed by atoms with Crippen LogP contribution in [0.25, 0.3) is 16.6 Å². The summed E-state index contributed by atoms with van der Waals surface area (Å²) >= 11 is 5.76. The van der Waals surface area contributed by atoms with E-state index in [0.717, 1.165) is 6.07 Å².